The standard InChI is InChI=1S/C15H25NS/c1-3-15(10-4-5-11-15)14(16-2)9-8-13-7-6-12-17-13/h6-7,12,14,16H,3-5,8-11H2,1-2H3. The van der Waals surface area contributed by atoms with Crippen LogP contribution in [-0.4, -0.2) is 13.1 Å². The molecule has 0 amide bonds. The second-order valence-electron chi connectivity index (χ2n) is 5.38. The predicted molar refractivity (Wildman–Crippen MR) is 76.7 cm³/mol. The molecule has 17 heavy (non-hydrogen) atoms. The molecule has 1 unspecified atom stereocenters. The Bertz CT molecular complexity index is 312. The van der Waals surface area contributed by atoms with Crippen molar-refractivity contribution in [2.45, 2.75) is 57.9 Å². The summed E-state index contributed by atoms with van der Waals surface area (Å²) in [5.41, 5.74) is 0.589. The number of nitrogens with one attached hydrogen (secondary N) is 1. The fourth-order valence-corrected chi connectivity index (χ4v) is 4.25. The Morgan fingerprint density at radius 3 is 2.71 bits per heavy atom. The zero-order valence-electron chi connectivity index (χ0n) is 11.2. The highest BCUT2D eigenvalue weighted by atomic mass is 32.1. The molecule has 1 nitrogen and oxygen atoms in total. The Balaban J connectivity index is 1.95. The summed E-state index contributed by atoms with van der Waals surface area (Å²) >= 11 is 1.90. The van der Waals surface area contributed by atoms with E-state index in [4.69, 9.17) is 0 Å². The van der Waals surface area contributed by atoms with Crippen LogP contribution < -0.4 is 5.32 Å². The van der Waals surface area contributed by atoms with E-state index in [1.165, 1.54) is 49.8 Å². The van der Waals surface area contributed by atoms with Crippen LogP contribution in [0.25, 0.3) is 0 Å². The predicted octanol–water partition coefficient (Wildman–Crippen LogP) is 4.24. The molecular formula is C15H25NS. The number of thiophene rings is 1. The third-order valence-electron chi connectivity index (χ3n) is 4.65. The first kappa shape index (κ1) is 13.1. The maximum atomic E-state index is 3.60. The van der Waals surface area contributed by atoms with Gasteiger partial charge >= 0.3 is 0 Å². The highest BCUT2D eigenvalue weighted by Gasteiger charge is 2.38. The molecule has 1 N–H and O–H groups in total. The number of rotatable bonds is 6. The lowest BCUT2D eigenvalue weighted by Gasteiger charge is -2.37. The molecule has 1 saturated carbocycles. The molecule has 1 fully saturated rings. The van der Waals surface area contributed by atoms with Crippen LogP contribution in [0.1, 0.15) is 50.3 Å². The van der Waals surface area contributed by atoms with E-state index in [2.05, 4.69) is 36.8 Å². The van der Waals surface area contributed by atoms with Gasteiger partial charge in [-0.15, -0.1) is 11.3 Å². The minimum atomic E-state index is 0.589. The van der Waals surface area contributed by atoms with Gasteiger partial charge in [-0.3, -0.25) is 0 Å². The van der Waals surface area contributed by atoms with E-state index in [0.29, 0.717) is 11.5 Å². The van der Waals surface area contributed by atoms with Crippen LogP contribution in [-0.2, 0) is 6.42 Å². The Morgan fingerprint density at radius 2 is 2.18 bits per heavy atom. The lowest BCUT2D eigenvalue weighted by molar-refractivity contribution is 0.185. The van der Waals surface area contributed by atoms with Gasteiger partial charge in [0.1, 0.15) is 0 Å². The molecule has 1 aliphatic carbocycles. The van der Waals surface area contributed by atoms with Crippen LogP contribution in [0.4, 0.5) is 0 Å². The Hall–Kier alpha value is -0.340. The quantitative estimate of drug-likeness (QED) is 0.797. The van der Waals surface area contributed by atoms with Crippen molar-refractivity contribution in [2.75, 3.05) is 7.05 Å². The molecule has 1 aliphatic rings. The van der Waals surface area contributed by atoms with E-state index in [9.17, 15) is 0 Å². The lowest BCUT2D eigenvalue weighted by atomic mass is 9.74. The summed E-state index contributed by atoms with van der Waals surface area (Å²) in [6, 6.07) is 5.14. The summed E-state index contributed by atoms with van der Waals surface area (Å²) in [5, 5.41) is 5.79. The Morgan fingerprint density at radius 1 is 1.41 bits per heavy atom. The van der Waals surface area contributed by atoms with Gasteiger partial charge < -0.3 is 5.32 Å². The van der Waals surface area contributed by atoms with Crippen molar-refractivity contribution in [2.24, 2.45) is 5.41 Å². The molecule has 0 radical (unpaired) electrons. The largest absolute Gasteiger partial charge is 0.316 e. The molecule has 2 heteroatoms. The zero-order chi connectivity index (χ0) is 12.1. The average Bonchev–Trinajstić information content (AvgIpc) is 3.00. The van der Waals surface area contributed by atoms with Crippen molar-refractivity contribution >= 4 is 11.3 Å². The first-order valence-electron chi connectivity index (χ1n) is 7.00. The Labute approximate surface area is 110 Å². The van der Waals surface area contributed by atoms with Gasteiger partial charge in [-0.2, -0.15) is 0 Å². The van der Waals surface area contributed by atoms with Crippen molar-refractivity contribution in [1.82, 2.24) is 5.32 Å². The molecule has 0 saturated heterocycles. The number of hydrogen-bond donors (Lipinski definition) is 1. The lowest BCUT2D eigenvalue weighted by Crippen LogP contribution is -2.42. The smallest absolute Gasteiger partial charge is 0.0124 e. The highest BCUT2D eigenvalue weighted by Crippen LogP contribution is 2.45. The molecule has 0 bridgehead atoms. The van der Waals surface area contributed by atoms with E-state index < -0.39 is 0 Å². The van der Waals surface area contributed by atoms with Crippen LogP contribution in [0.15, 0.2) is 17.5 Å². The van der Waals surface area contributed by atoms with E-state index in [1.807, 2.05) is 11.3 Å². The molecule has 1 heterocycles. The molecule has 96 valence electrons. The van der Waals surface area contributed by atoms with E-state index in [0.717, 1.165) is 0 Å². The van der Waals surface area contributed by atoms with Crippen molar-refractivity contribution in [1.29, 1.82) is 0 Å². The second kappa shape index (κ2) is 6.01. The summed E-state index contributed by atoms with van der Waals surface area (Å²) in [4.78, 5) is 1.54. The minimum absolute atomic E-state index is 0.589. The average molecular weight is 251 g/mol. The van der Waals surface area contributed by atoms with Crippen molar-refractivity contribution in [3.05, 3.63) is 22.4 Å². The van der Waals surface area contributed by atoms with Crippen LogP contribution in [0.3, 0.4) is 0 Å². The molecule has 0 spiro atoms. The van der Waals surface area contributed by atoms with Gasteiger partial charge in [0, 0.05) is 10.9 Å². The van der Waals surface area contributed by atoms with Crippen molar-refractivity contribution in [3.63, 3.8) is 0 Å². The number of aryl methyl sites for hydroxylation is 1. The van der Waals surface area contributed by atoms with Gasteiger partial charge in [0.25, 0.3) is 0 Å². The van der Waals surface area contributed by atoms with Gasteiger partial charge in [0.15, 0.2) is 0 Å². The topological polar surface area (TPSA) is 12.0 Å². The van der Waals surface area contributed by atoms with Gasteiger partial charge in [0.05, 0.1) is 0 Å². The zero-order valence-corrected chi connectivity index (χ0v) is 12.0. The summed E-state index contributed by atoms with van der Waals surface area (Å²) in [6.45, 7) is 2.38. The summed E-state index contributed by atoms with van der Waals surface area (Å²) in [6.07, 6.45) is 9.60. The van der Waals surface area contributed by atoms with Crippen molar-refractivity contribution in [3.8, 4) is 0 Å². The van der Waals surface area contributed by atoms with Gasteiger partial charge in [-0.05, 0) is 56.0 Å². The summed E-state index contributed by atoms with van der Waals surface area (Å²) < 4.78 is 0. The summed E-state index contributed by atoms with van der Waals surface area (Å²) in [7, 11) is 2.15. The third kappa shape index (κ3) is 2.92. The normalized spacial score (nSPS) is 20.6. The molecule has 0 aromatic carbocycles. The molecular weight excluding hydrogens is 226 g/mol. The fraction of sp³-hybridized carbons (Fsp3) is 0.733. The van der Waals surface area contributed by atoms with Crippen LogP contribution in [0, 0.1) is 5.41 Å². The van der Waals surface area contributed by atoms with Gasteiger partial charge in [-0.1, -0.05) is 25.8 Å². The van der Waals surface area contributed by atoms with E-state index in [1.54, 1.807) is 0 Å². The van der Waals surface area contributed by atoms with Crippen LogP contribution >= 0.6 is 11.3 Å². The second-order valence-corrected chi connectivity index (χ2v) is 6.41. The SMILES string of the molecule is CCC1(C(CCc2cccs2)NC)CCCC1. The van der Waals surface area contributed by atoms with Crippen LogP contribution in [0.2, 0.25) is 0 Å². The minimum Gasteiger partial charge on any atom is -0.316 e. The van der Waals surface area contributed by atoms with E-state index >= 15 is 0 Å². The van der Waals surface area contributed by atoms with E-state index in [-0.39, 0.29) is 0 Å². The van der Waals surface area contributed by atoms with Gasteiger partial charge in [-0.25, -0.2) is 0 Å². The molecule has 1 atom stereocenters. The number of hydrogen-bond acceptors (Lipinski definition) is 2. The maximum absolute atomic E-state index is 3.60. The highest BCUT2D eigenvalue weighted by molar-refractivity contribution is 7.09. The first-order chi connectivity index (χ1) is 8.30. The molecule has 2 rings (SSSR count). The maximum Gasteiger partial charge on any atom is 0.0124 e. The third-order valence-corrected chi connectivity index (χ3v) is 5.59. The van der Waals surface area contributed by atoms with Crippen LogP contribution in [0.5, 0.6) is 0 Å². The molecule has 1 aromatic heterocycles. The Kier molecular flexibility index (Phi) is 4.63. The molecule has 1 aromatic rings. The summed E-state index contributed by atoms with van der Waals surface area (Å²) in [5.74, 6) is 0. The monoisotopic (exact) mass is 251 g/mol. The fourth-order valence-electron chi connectivity index (χ4n) is 3.53. The van der Waals surface area contributed by atoms with Gasteiger partial charge in [0.2, 0.25) is 0 Å². The molecule has 0 aliphatic heterocycles. The first-order valence-corrected chi connectivity index (χ1v) is 7.88. The van der Waals surface area contributed by atoms with Crippen molar-refractivity contribution < 1.29 is 0 Å².